The minimum Gasteiger partial charge on any atom is -0.400 e. The highest BCUT2D eigenvalue weighted by Gasteiger charge is 2.24. The summed E-state index contributed by atoms with van der Waals surface area (Å²) in [5.41, 5.74) is 0. The molecule has 0 spiro atoms. The second-order valence-electron chi connectivity index (χ2n) is 0.659. The van der Waals surface area contributed by atoms with E-state index in [1.165, 1.54) is 0 Å². The van der Waals surface area contributed by atoms with Gasteiger partial charge in [-0.05, 0) is 0 Å². The predicted octanol–water partition coefficient (Wildman–Crippen LogP) is 0.356. The normalized spacial score (nSPS) is 9.12. The molecule has 0 bridgehead atoms. The van der Waals surface area contributed by atoms with Crippen LogP contribution in [0.2, 0.25) is 0 Å². The summed E-state index contributed by atoms with van der Waals surface area (Å²) in [6, 6.07) is 0. The van der Waals surface area contributed by atoms with Crippen LogP contribution in [-0.2, 0) is 4.79 Å². The van der Waals surface area contributed by atoms with E-state index >= 15 is 0 Å². The molecule has 5 heteroatoms. The zero-order valence-corrected chi connectivity index (χ0v) is 4.07. The number of halogens is 3. The molecule has 0 heterocycles. The second-order valence-corrected chi connectivity index (χ2v) is 0.659. The third-order valence-electron chi connectivity index (χ3n) is 0.134. The van der Waals surface area contributed by atoms with Crippen LogP contribution in [0.4, 0.5) is 13.2 Å². The maximum Gasteiger partial charge on any atom is 0.446 e. The molecule has 0 aliphatic rings. The van der Waals surface area contributed by atoms with Gasteiger partial charge < -0.3 is 5.11 Å². The van der Waals surface area contributed by atoms with Crippen LogP contribution < -0.4 is 0 Å². The van der Waals surface area contributed by atoms with Crippen molar-refractivity contribution >= 4 is 6.29 Å². The van der Waals surface area contributed by atoms with Gasteiger partial charge in [-0.15, -0.1) is 0 Å². The highest BCUT2D eigenvalue weighted by molar-refractivity contribution is 5.56. The van der Waals surface area contributed by atoms with Gasteiger partial charge in [0.1, 0.15) is 0 Å². The van der Waals surface area contributed by atoms with E-state index in [9.17, 15) is 13.2 Å². The molecule has 0 aliphatic heterocycles. The molecule has 8 heavy (non-hydrogen) atoms. The first-order valence-corrected chi connectivity index (χ1v) is 1.54. The number of carbonyl (C=O) groups is 1. The summed E-state index contributed by atoms with van der Waals surface area (Å²) in [6.07, 6.45) is -5.70. The summed E-state index contributed by atoms with van der Waals surface area (Å²) < 4.78 is 31.2. The fraction of sp³-hybridized carbons (Fsp3) is 0.667. The Morgan fingerprint density at radius 2 is 1.50 bits per heavy atom. The van der Waals surface area contributed by atoms with Gasteiger partial charge in [-0.2, -0.15) is 13.2 Å². The van der Waals surface area contributed by atoms with Gasteiger partial charge in [-0.25, -0.2) is 0 Å². The molecule has 0 atom stereocenters. The van der Waals surface area contributed by atoms with Crippen molar-refractivity contribution in [3.63, 3.8) is 0 Å². The highest BCUT2D eigenvalue weighted by Crippen LogP contribution is 2.08. The molecular weight excluding hydrogens is 125 g/mol. The van der Waals surface area contributed by atoms with E-state index in [1.54, 1.807) is 0 Å². The van der Waals surface area contributed by atoms with Crippen molar-refractivity contribution in [3.8, 4) is 0 Å². The minimum atomic E-state index is -4.64. The van der Waals surface area contributed by atoms with Crippen molar-refractivity contribution < 1.29 is 23.1 Å². The lowest BCUT2D eigenvalue weighted by atomic mass is 10.8. The monoisotopic (exact) mass is 130 g/mol. The first-order chi connectivity index (χ1) is 3.56. The lowest BCUT2D eigenvalue weighted by Crippen LogP contribution is -2.07. The van der Waals surface area contributed by atoms with Crippen molar-refractivity contribution in [2.45, 2.75) is 6.18 Å². The molecule has 0 aliphatic carbocycles. The number of aldehydes is 1. The summed E-state index contributed by atoms with van der Waals surface area (Å²) in [7, 11) is 1.00. The summed E-state index contributed by atoms with van der Waals surface area (Å²) in [5.74, 6) is 0. The van der Waals surface area contributed by atoms with Crippen LogP contribution in [0.25, 0.3) is 0 Å². The van der Waals surface area contributed by atoms with E-state index in [1.807, 2.05) is 0 Å². The summed E-state index contributed by atoms with van der Waals surface area (Å²) in [4.78, 5) is 8.70. The quantitative estimate of drug-likeness (QED) is 0.480. The Labute approximate surface area is 43.9 Å². The zero-order chi connectivity index (χ0) is 7.21. The molecule has 0 aromatic carbocycles. The average Bonchev–Trinajstić information content (AvgIpc) is 1.71. The number of hydrogen-bond donors (Lipinski definition) is 1. The number of hydrogen-bond acceptors (Lipinski definition) is 2. The molecule has 0 saturated heterocycles. The molecule has 0 amide bonds. The predicted molar refractivity (Wildman–Crippen MR) is 20.3 cm³/mol. The maximum atomic E-state index is 10.4. The first kappa shape index (κ1) is 10.4. The average molecular weight is 130 g/mol. The maximum absolute atomic E-state index is 10.4. The molecule has 0 radical (unpaired) electrons. The minimum absolute atomic E-state index is 1.00. The number of alkyl halides is 3. The summed E-state index contributed by atoms with van der Waals surface area (Å²) in [6.45, 7) is 0. The van der Waals surface area contributed by atoms with Crippen LogP contribution in [0.1, 0.15) is 0 Å². The van der Waals surface area contributed by atoms with Gasteiger partial charge in [0.15, 0.2) is 0 Å². The van der Waals surface area contributed by atoms with Gasteiger partial charge in [-0.1, -0.05) is 0 Å². The fourth-order valence-corrected chi connectivity index (χ4v) is 0. The van der Waals surface area contributed by atoms with Gasteiger partial charge in [0.2, 0.25) is 6.29 Å². The molecule has 0 aromatic heterocycles. The Balaban J connectivity index is 0. The number of aliphatic hydroxyl groups excluding tert-OH is 1. The van der Waals surface area contributed by atoms with Gasteiger partial charge >= 0.3 is 6.18 Å². The topological polar surface area (TPSA) is 37.3 Å². The SMILES string of the molecule is CO.O=CC(F)(F)F. The van der Waals surface area contributed by atoms with Crippen LogP contribution in [0.15, 0.2) is 0 Å². The fourth-order valence-electron chi connectivity index (χ4n) is 0. The molecule has 2 nitrogen and oxygen atoms in total. The smallest absolute Gasteiger partial charge is 0.400 e. The molecule has 0 unspecified atom stereocenters. The Kier molecular flexibility index (Phi) is 5.95. The molecule has 0 rings (SSSR count). The molecule has 0 fully saturated rings. The van der Waals surface area contributed by atoms with Gasteiger partial charge in [0.05, 0.1) is 0 Å². The van der Waals surface area contributed by atoms with Crippen LogP contribution in [0.3, 0.4) is 0 Å². The summed E-state index contributed by atoms with van der Waals surface area (Å²) >= 11 is 0. The number of rotatable bonds is 0. The van der Waals surface area contributed by atoms with Crippen molar-refractivity contribution in [1.82, 2.24) is 0 Å². The van der Waals surface area contributed by atoms with E-state index in [0.29, 0.717) is 0 Å². The van der Waals surface area contributed by atoms with Gasteiger partial charge in [0, 0.05) is 7.11 Å². The van der Waals surface area contributed by atoms with Crippen LogP contribution in [0.5, 0.6) is 0 Å². The van der Waals surface area contributed by atoms with Crippen LogP contribution >= 0.6 is 0 Å². The molecule has 0 aromatic rings. The number of aliphatic hydroxyl groups is 1. The Bertz CT molecular complexity index is 58.0. The molecule has 50 valence electrons. The third kappa shape index (κ3) is 18.1. The van der Waals surface area contributed by atoms with E-state index in [-0.39, 0.29) is 0 Å². The third-order valence-corrected chi connectivity index (χ3v) is 0.134. The second kappa shape index (κ2) is 4.58. The lowest BCUT2D eigenvalue weighted by Gasteiger charge is -1.87. The van der Waals surface area contributed by atoms with Crippen molar-refractivity contribution in [2.75, 3.05) is 7.11 Å². The Morgan fingerprint density at radius 3 is 1.50 bits per heavy atom. The van der Waals surface area contributed by atoms with E-state index in [4.69, 9.17) is 9.90 Å². The van der Waals surface area contributed by atoms with Crippen molar-refractivity contribution in [2.24, 2.45) is 0 Å². The number of carbonyl (C=O) groups excluding carboxylic acids is 1. The van der Waals surface area contributed by atoms with E-state index in [0.717, 1.165) is 7.11 Å². The Morgan fingerprint density at radius 1 is 1.38 bits per heavy atom. The van der Waals surface area contributed by atoms with Gasteiger partial charge in [0.25, 0.3) is 0 Å². The molecule has 0 saturated carbocycles. The molecule has 1 N–H and O–H groups in total. The standard InChI is InChI=1S/C2HF3O.CH4O/c3-2(4,5)1-6;1-2/h1H;2H,1H3. The van der Waals surface area contributed by atoms with Gasteiger partial charge in [-0.3, -0.25) is 4.79 Å². The Hall–Kier alpha value is -0.580. The van der Waals surface area contributed by atoms with Crippen LogP contribution in [0, 0.1) is 0 Å². The van der Waals surface area contributed by atoms with Crippen molar-refractivity contribution in [3.05, 3.63) is 0 Å². The molecular formula is C3H5F3O2. The van der Waals surface area contributed by atoms with Crippen molar-refractivity contribution in [1.29, 1.82) is 0 Å². The highest BCUT2D eigenvalue weighted by atomic mass is 19.4. The first-order valence-electron chi connectivity index (χ1n) is 1.54. The largest absolute Gasteiger partial charge is 0.446 e. The van der Waals surface area contributed by atoms with E-state index in [2.05, 4.69) is 0 Å². The zero-order valence-electron chi connectivity index (χ0n) is 4.07. The lowest BCUT2D eigenvalue weighted by molar-refractivity contribution is -0.156. The van der Waals surface area contributed by atoms with Crippen LogP contribution in [-0.4, -0.2) is 24.7 Å². The summed E-state index contributed by atoms with van der Waals surface area (Å²) in [5, 5.41) is 7.00. The van der Waals surface area contributed by atoms with E-state index < -0.39 is 12.5 Å².